The predicted molar refractivity (Wildman–Crippen MR) is 132 cm³/mol. The molecule has 174 valence electrons. The van der Waals surface area contributed by atoms with E-state index in [1.807, 2.05) is 33.0 Å². The Hall–Kier alpha value is -3.35. The lowest BCUT2D eigenvalue weighted by Gasteiger charge is -2.30. The number of hydrogen-bond donors (Lipinski definition) is 2. The van der Waals surface area contributed by atoms with Gasteiger partial charge in [-0.3, -0.25) is 4.99 Å². The number of carbonyl (C=O) groups excluding carboxylic acids is 1. The summed E-state index contributed by atoms with van der Waals surface area (Å²) in [6.07, 6.45) is 8.19. The number of nitrogens with zero attached hydrogens (tertiary/aromatic N) is 3. The number of ether oxygens (including phenoxy) is 1. The van der Waals surface area contributed by atoms with Crippen LogP contribution in [-0.4, -0.2) is 42.7 Å². The molecule has 0 aromatic heterocycles. The molecule has 0 spiro atoms. The number of esters is 1. The number of hydrazone groups is 1. The number of methoxy groups -OCH3 is 1. The van der Waals surface area contributed by atoms with Crippen LogP contribution < -0.4 is 10.6 Å². The van der Waals surface area contributed by atoms with Crippen molar-refractivity contribution in [2.45, 2.75) is 58.0 Å². The topological polar surface area (TPSA) is 78.3 Å². The number of allylic oxidation sites excluding steroid dienone is 2. The highest BCUT2D eigenvalue weighted by molar-refractivity contribution is 6.32. The van der Waals surface area contributed by atoms with Crippen molar-refractivity contribution in [3.05, 3.63) is 70.7 Å². The van der Waals surface area contributed by atoms with Crippen LogP contribution in [0.1, 0.15) is 63.1 Å². The predicted octanol–water partition coefficient (Wildman–Crippen LogP) is 4.17. The first kappa shape index (κ1) is 22.8. The fourth-order valence-electron chi connectivity index (χ4n) is 4.98. The number of hydrogen-bond acceptors (Lipinski definition) is 6. The summed E-state index contributed by atoms with van der Waals surface area (Å²) in [7, 11) is 3.24. The molecule has 0 bridgehead atoms. The van der Waals surface area contributed by atoms with Crippen LogP contribution in [0.2, 0.25) is 0 Å². The molecule has 33 heavy (non-hydrogen) atoms. The highest BCUT2D eigenvalue weighted by Gasteiger charge is 2.34. The normalized spacial score (nSPS) is 24.1. The Bertz CT molecular complexity index is 1060. The van der Waals surface area contributed by atoms with Crippen LogP contribution >= 0.6 is 0 Å². The summed E-state index contributed by atoms with van der Waals surface area (Å²) in [6, 6.07) is 8.26. The third kappa shape index (κ3) is 4.32. The van der Waals surface area contributed by atoms with E-state index in [2.05, 4.69) is 45.4 Å². The summed E-state index contributed by atoms with van der Waals surface area (Å²) in [5.41, 5.74) is 5.28. The number of rotatable bonds is 4. The molecule has 0 amide bonds. The summed E-state index contributed by atoms with van der Waals surface area (Å²) < 4.78 is 5.02. The first-order valence-electron chi connectivity index (χ1n) is 11.6. The molecule has 1 atom stereocenters. The Morgan fingerprint density at radius 2 is 1.94 bits per heavy atom. The highest BCUT2D eigenvalue weighted by Crippen LogP contribution is 2.32. The maximum absolute atomic E-state index is 12.4. The van der Waals surface area contributed by atoms with Crippen molar-refractivity contribution in [3.63, 3.8) is 0 Å². The molecule has 4 rings (SSSR count). The van der Waals surface area contributed by atoms with Gasteiger partial charge in [0.15, 0.2) is 5.84 Å². The molecule has 0 radical (unpaired) electrons. The Kier molecular flexibility index (Phi) is 6.67. The van der Waals surface area contributed by atoms with Crippen molar-refractivity contribution in [1.29, 1.82) is 0 Å². The van der Waals surface area contributed by atoms with Crippen molar-refractivity contribution in [2.75, 3.05) is 14.2 Å². The standard InChI is InChI=1S/C26H33N5O2/c1-6-21-23(30-31(25(21)27-4)20-10-8-7-9-11-20)18-12-14-19(15-13-18)24-22(26(32)33-5)16(2)28-17(3)29-24/h6,12-15,20,24,28-29H,3,7-11H2,1-2,4-5H3/b21-6-,27-25?. The lowest BCUT2D eigenvalue weighted by molar-refractivity contribution is -0.136. The second-order valence-corrected chi connectivity index (χ2v) is 8.67. The van der Waals surface area contributed by atoms with E-state index in [1.165, 1.54) is 26.4 Å². The Morgan fingerprint density at radius 3 is 2.55 bits per heavy atom. The molecule has 1 saturated carbocycles. The first-order valence-corrected chi connectivity index (χ1v) is 11.6. The zero-order chi connectivity index (χ0) is 23.5. The van der Waals surface area contributed by atoms with Gasteiger partial charge < -0.3 is 15.4 Å². The van der Waals surface area contributed by atoms with Gasteiger partial charge in [-0.2, -0.15) is 5.10 Å². The van der Waals surface area contributed by atoms with E-state index in [0.29, 0.717) is 17.4 Å². The van der Waals surface area contributed by atoms with E-state index in [4.69, 9.17) is 9.84 Å². The van der Waals surface area contributed by atoms with Gasteiger partial charge in [0, 0.05) is 23.9 Å². The van der Waals surface area contributed by atoms with Crippen LogP contribution in [0.5, 0.6) is 0 Å². The molecule has 1 aromatic rings. The number of aliphatic imine (C=N–C) groups is 1. The molecule has 7 nitrogen and oxygen atoms in total. The van der Waals surface area contributed by atoms with E-state index < -0.39 is 0 Å². The second-order valence-electron chi connectivity index (χ2n) is 8.67. The largest absolute Gasteiger partial charge is 0.466 e. The minimum Gasteiger partial charge on any atom is -0.466 e. The molecule has 2 aliphatic heterocycles. The zero-order valence-corrected chi connectivity index (χ0v) is 19.9. The monoisotopic (exact) mass is 447 g/mol. The van der Waals surface area contributed by atoms with Crippen LogP contribution in [0.25, 0.3) is 0 Å². The van der Waals surface area contributed by atoms with Gasteiger partial charge >= 0.3 is 5.97 Å². The fraction of sp³-hybridized carbons (Fsp3) is 0.423. The summed E-state index contributed by atoms with van der Waals surface area (Å²) >= 11 is 0. The van der Waals surface area contributed by atoms with Crippen molar-refractivity contribution in [2.24, 2.45) is 10.1 Å². The molecule has 1 fully saturated rings. The van der Waals surface area contributed by atoms with E-state index in [-0.39, 0.29) is 12.0 Å². The third-order valence-electron chi connectivity index (χ3n) is 6.61. The Balaban J connectivity index is 1.66. The minimum absolute atomic E-state index is 0.335. The summed E-state index contributed by atoms with van der Waals surface area (Å²) in [5.74, 6) is 1.24. The number of nitrogens with one attached hydrogen (secondary N) is 2. The van der Waals surface area contributed by atoms with Gasteiger partial charge in [-0.1, -0.05) is 56.2 Å². The number of carbonyl (C=O) groups is 1. The quantitative estimate of drug-likeness (QED) is 0.678. The smallest absolute Gasteiger partial charge is 0.337 e. The van der Waals surface area contributed by atoms with Crippen LogP contribution in [0.15, 0.2) is 69.7 Å². The fourth-order valence-corrected chi connectivity index (χ4v) is 4.98. The lowest BCUT2D eigenvalue weighted by atomic mass is 9.93. The van der Waals surface area contributed by atoms with Crippen molar-refractivity contribution >= 4 is 17.5 Å². The van der Waals surface area contributed by atoms with Crippen LogP contribution in [0.4, 0.5) is 0 Å². The molecule has 1 aliphatic carbocycles. The number of benzene rings is 1. The average Bonchev–Trinajstić information content (AvgIpc) is 3.22. The van der Waals surface area contributed by atoms with Crippen molar-refractivity contribution in [3.8, 4) is 0 Å². The molecule has 0 saturated heterocycles. The van der Waals surface area contributed by atoms with E-state index in [9.17, 15) is 4.79 Å². The van der Waals surface area contributed by atoms with Crippen LogP contribution in [0, 0.1) is 0 Å². The van der Waals surface area contributed by atoms with E-state index in [1.54, 1.807) is 0 Å². The maximum atomic E-state index is 12.4. The van der Waals surface area contributed by atoms with Crippen molar-refractivity contribution < 1.29 is 9.53 Å². The average molecular weight is 448 g/mol. The third-order valence-corrected chi connectivity index (χ3v) is 6.61. The Labute approximate surface area is 196 Å². The maximum Gasteiger partial charge on any atom is 0.337 e. The Morgan fingerprint density at radius 1 is 1.24 bits per heavy atom. The van der Waals surface area contributed by atoms with Gasteiger partial charge in [0.2, 0.25) is 0 Å². The minimum atomic E-state index is -0.364. The molecule has 1 aromatic carbocycles. The van der Waals surface area contributed by atoms with Gasteiger partial charge in [0.05, 0.1) is 30.6 Å². The first-order chi connectivity index (χ1) is 16.0. The van der Waals surface area contributed by atoms with Crippen molar-refractivity contribution in [1.82, 2.24) is 15.6 Å². The molecular weight excluding hydrogens is 414 g/mol. The SMILES string of the molecule is C=C1NC(C)=C(C(=O)OC)C(c2ccc(C3=NN(C4CCCCC4)C(=NC)/C3=C\C)cc2)N1. The van der Waals surface area contributed by atoms with Gasteiger partial charge in [0.25, 0.3) is 0 Å². The lowest BCUT2D eigenvalue weighted by Crippen LogP contribution is -2.38. The summed E-state index contributed by atoms with van der Waals surface area (Å²) in [5, 5.41) is 13.5. The zero-order valence-electron chi connectivity index (χ0n) is 19.9. The van der Waals surface area contributed by atoms with E-state index in [0.717, 1.165) is 46.8 Å². The molecule has 7 heteroatoms. The van der Waals surface area contributed by atoms with Gasteiger partial charge in [0.1, 0.15) is 5.71 Å². The van der Waals surface area contributed by atoms with Crippen LogP contribution in [0.3, 0.4) is 0 Å². The number of amidine groups is 1. The highest BCUT2D eigenvalue weighted by atomic mass is 16.5. The molecular formula is C26H33N5O2. The second kappa shape index (κ2) is 9.65. The molecule has 2 heterocycles. The molecule has 2 N–H and O–H groups in total. The van der Waals surface area contributed by atoms with Crippen LogP contribution in [-0.2, 0) is 9.53 Å². The summed E-state index contributed by atoms with van der Waals surface area (Å²) in [4.78, 5) is 17.0. The van der Waals surface area contributed by atoms with Gasteiger partial charge in [-0.25, -0.2) is 9.80 Å². The van der Waals surface area contributed by atoms with Gasteiger partial charge in [-0.15, -0.1) is 0 Å². The molecule has 3 aliphatic rings. The summed E-state index contributed by atoms with van der Waals surface area (Å²) in [6.45, 7) is 7.87. The van der Waals surface area contributed by atoms with Gasteiger partial charge in [-0.05, 0) is 32.3 Å². The van der Waals surface area contributed by atoms with E-state index >= 15 is 0 Å². The molecule has 1 unspecified atom stereocenters.